The van der Waals surface area contributed by atoms with Gasteiger partial charge in [-0.1, -0.05) is 30.3 Å². The molecular formula is C21H29N5O2S. The van der Waals surface area contributed by atoms with Crippen LogP contribution in [-0.4, -0.2) is 72.1 Å². The monoisotopic (exact) mass is 415 g/mol. The largest absolute Gasteiger partial charge is 0.379 e. The highest BCUT2D eigenvalue weighted by molar-refractivity contribution is 7.09. The van der Waals surface area contributed by atoms with E-state index in [1.54, 1.807) is 0 Å². The second kappa shape index (κ2) is 10.1. The Hall–Kier alpha value is -2.03. The Kier molecular flexibility index (Phi) is 7.08. The van der Waals surface area contributed by atoms with Gasteiger partial charge < -0.3 is 15.0 Å². The number of carbonyl (C=O) groups excluding carboxylic acids is 1. The Morgan fingerprint density at radius 3 is 2.86 bits per heavy atom. The van der Waals surface area contributed by atoms with E-state index in [4.69, 9.17) is 9.72 Å². The van der Waals surface area contributed by atoms with Crippen molar-refractivity contribution in [1.82, 2.24) is 19.6 Å². The first-order valence-corrected chi connectivity index (χ1v) is 11.3. The predicted octanol–water partition coefficient (Wildman–Crippen LogP) is 1.94. The van der Waals surface area contributed by atoms with E-state index < -0.39 is 0 Å². The van der Waals surface area contributed by atoms with Gasteiger partial charge in [-0.15, -0.1) is 0 Å². The smallest absolute Gasteiger partial charge is 0.242 e. The van der Waals surface area contributed by atoms with Crippen LogP contribution in [0.15, 0.2) is 30.3 Å². The molecule has 2 saturated heterocycles. The summed E-state index contributed by atoms with van der Waals surface area (Å²) in [6, 6.07) is 10.1. The van der Waals surface area contributed by atoms with Crippen LogP contribution in [0.4, 0.5) is 5.13 Å². The Bertz CT molecular complexity index is 778. The number of benzene rings is 1. The molecule has 2 aliphatic heterocycles. The van der Waals surface area contributed by atoms with Crippen molar-refractivity contribution in [3.8, 4) is 0 Å². The lowest BCUT2D eigenvalue weighted by atomic mass is 10.1. The fraction of sp³-hybridized carbons (Fsp3) is 0.571. The lowest BCUT2D eigenvalue weighted by molar-refractivity contribution is -0.122. The quantitative estimate of drug-likeness (QED) is 0.665. The maximum absolute atomic E-state index is 12.7. The minimum Gasteiger partial charge on any atom is -0.379 e. The summed E-state index contributed by atoms with van der Waals surface area (Å²) in [5, 5.41) is 3.99. The molecule has 156 valence electrons. The van der Waals surface area contributed by atoms with Gasteiger partial charge in [-0.3, -0.25) is 9.69 Å². The maximum Gasteiger partial charge on any atom is 0.242 e. The number of hydrogen-bond acceptors (Lipinski definition) is 7. The number of amides is 1. The lowest BCUT2D eigenvalue weighted by Crippen LogP contribution is -2.44. The van der Waals surface area contributed by atoms with Gasteiger partial charge in [0.1, 0.15) is 11.9 Å². The second-order valence-electron chi connectivity index (χ2n) is 7.61. The van der Waals surface area contributed by atoms with Crippen molar-refractivity contribution in [1.29, 1.82) is 0 Å². The molecule has 4 rings (SSSR count). The highest BCUT2D eigenvalue weighted by atomic mass is 32.1. The van der Waals surface area contributed by atoms with Crippen LogP contribution in [0.3, 0.4) is 0 Å². The van der Waals surface area contributed by atoms with Crippen molar-refractivity contribution in [2.75, 3.05) is 50.8 Å². The van der Waals surface area contributed by atoms with Crippen LogP contribution in [-0.2, 0) is 16.0 Å². The third kappa shape index (κ3) is 5.52. The van der Waals surface area contributed by atoms with E-state index in [0.29, 0.717) is 0 Å². The fourth-order valence-corrected chi connectivity index (χ4v) is 4.70. The SMILES string of the molecule is O=C(NCCCN1CCOCC1)C1CCCN1c1nc(Cc2ccccc2)ns1. The molecule has 2 fully saturated rings. The zero-order valence-electron chi connectivity index (χ0n) is 16.8. The molecule has 1 amide bonds. The number of morpholine rings is 1. The fourth-order valence-electron chi connectivity index (χ4n) is 3.94. The van der Waals surface area contributed by atoms with Crippen LogP contribution in [0.2, 0.25) is 0 Å². The van der Waals surface area contributed by atoms with Crippen molar-refractivity contribution in [2.24, 2.45) is 0 Å². The topological polar surface area (TPSA) is 70.6 Å². The van der Waals surface area contributed by atoms with E-state index in [9.17, 15) is 4.79 Å². The molecule has 29 heavy (non-hydrogen) atoms. The third-order valence-corrected chi connectivity index (χ3v) is 6.31. The number of rotatable bonds is 8. The van der Waals surface area contributed by atoms with Gasteiger partial charge in [0.25, 0.3) is 0 Å². The summed E-state index contributed by atoms with van der Waals surface area (Å²) in [6.45, 7) is 6.22. The average Bonchev–Trinajstić information content (AvgIpc) is 3.42. The second-order valence-corrected chi connectivity index (χ2v) is 8.34. The summed E-state index contributed by atoms with van der Waals surface area (Å²) in [6.07, 6.45) is 3.59. The number of anilines is 1. The molecule has 0 spiro atoms. The van der Waals surface area contributed by atoms with Crippen LogP contribution in [0.25, 0.3) is 0 Å². The molecule has 3 heterocycles. The number of nitrogens with zero attached hydrogens (tertiary/aromatic N) is 4. The summed E-state index contributed by atoms with van der Waals surface area (Å²) in [5.74, 6) is 0.942. The van der Waals surface area contributed by atoms with Crippen LogP contribution in [0, 0.1) is 0 Å². The standard InChI is InChI=1S/C21H29N5O2S/c27-20(22-9-5-10-25-12-14-28-15-13-25)18-8-4-11-26(18)21-23-19(24-29-21)16-17-6-2-1-3-7-17/h1-3,6-7,18H,4-5,8-16H2,(H,22,27). The van der Waals surface area contributed by atoms with Gasteiger partial charge in [-0.05, 0) is 31.4 Å². The molecule has 1 atom stereocenters. The first-order valence-electron chi connectivity index (χ1n) is 10.5. The molecule has 0 saturated carbocycles. The van der Waals surface area contributed by atoms with E-state index in [2.05, 4.69) is 31.6 Å². The number of carbonyl (C=O) groups is 1. The van der Waals surface area contributed by atoms with Crippen molar-refractivity contribution in [2.45, 2.75) is 31.7 Å². The molecule has 0 aliphatic carbocycles. The Morgan fingerprint density at radius 1 is 1.21 bits per heavy atom. The Labute approximate surface area is 176 Å². The molecule has 7 nitrogen and oxygen atoms in total. The van der Waals surface area contributed by atoms with Gasteiger partial charge in [0.15, 0.2) is 0 Å². The van der Waals surface area contributed by atoms with E-state index in [1.165, 1.54) is 17.1 Å². The molecule has 8 heteroatoms. The van der Waals surface area contributed by atoms with E-state index in [0.717, 1.165) is 82.6 Å². The predicted molar refractivity (Wildman–Crippen MR) is 114 cm³/mol. The molecule has 1 N–H and O–H groups in total. The number of hydrogen-bond donors (Lipinski definition) is 1. The van der Waals surface area contributed by atoms with Crippen molar-refractivity contribution in [3.05, 3.63) is 41.7 Å². The van der Waals surface area contributed by atoms with Gasteiger partial charge in [0, 0.05) is 44.1 Å². The highest BCUT2D eigenvalue weighted by Crippen LogP contribution is 2.27. The summed E-state index contributed by atoms with van der Waals surface area (Å²) in [4.78, 5) is 22.0. The van der Waals surface area contributed by atoms with E-state index in [1.807, 2.05) is 18.2 Å². The van der Waals surface area contributed by atoms with Crippen molar-refractivity contribution >= 4 is 22.6 Å². The van der Waals surface area contributed by atoms with Crippen molar-refractivity contribution < 1.29 is 9.53 Å². The Balaban J connectivity index is 1.26. The molecule has 0 radical (unpaired) electrons. The molecule has 1 unspecified atom stereocenters. The third-order valence-electron chi connectivity index (χ3n) is 5.52. The van der Waals surface area contributed by atoms with Crippen LogP contribution in [0.1, 0.15) is 30.7 Å². The number of ether oxygens (including phenoxy) is 1. The van der Waals surface area contributed by atoms with E-state index in [-0.39, 0.29) is 11.9 Å². The normalized spacial score (nSPS) is 20.1. The van der Waals surface area contributed by atoms with Gasteiger partial charge in [-0.2, -0.15) is 4.37 Å². The molecule has 2 aromatic rings. The number of nitrogens with one attached hydrogen (secondary N) is 1. The molecule has 1 aromatic heterocycles. The molecular weight excluding hydrogens is 386 g/mol. The first-order chi connectivity index (χ1) is 14.3. The first kappa shape index (κ1) is 20.3. The summed E-state index contributed by atoms with van der Waals surface area (Å²) in [7, 11) is 0. The number of aromatic nitrogens is 2. The molecule has 0 bridgehead atoms. The van der Waals surface area contributed by atoms with Gasteiger partial charge in [0.2, 0.25) is 11.0 Å². The summed E-state index contributed by atoms with van der Waals surface area (Å²) in [5.41, 5.74) is 1.20. The maximum atomic E-state index is 12.7. The van der Waals surface area contributed by atoms with Gasteiger partial charge >= 0.3 is 0 Å². The zero-order valence-corrected chi connectivity index (χ0v) is 17.6. The van der Waals surface area contributed by atoms with Crippen LogP contribution < -0.4 is 10.2 Å². The lowest BCUT2D eigenvalue weighted by Gasteiger charge is -2.26. The zero-order chi connectivity index (χ0) is 19.9. The van der Waals surface area contributed by atoms with Gasteiger partial charge in [0.05, 0.1) is 13.2 Å². The van der Waals surface area contributed by atoms with Crippen LogP contribution in [0.5, 0.6) is 0 Å². The Morgan fingerprint density at radius 2 is 2.03 bits per heavy atom. The minimum absolute atomic E-state index is 0.115. The van der Waals surface area contributed by atoms with E-state index >= 15 is 0 Å². The minimum atomic E-state index is -0.129. The highest BCUT2D eigenvalue weighted by Gasteiger charge is 2.32. The average molecular weight is 416 g/mol. The van der Waals surface area contributed by atoms with Gasteiger partial charge in [-0.25, -0.2) is 4.98 Å². The molecule has 2 aliphatic rings. The summed E-state index contributed by atoms with van der Waals surface area (Å²) >= 11 is 1.40. The van der Waals surface area contributed by atoms with Crippen LogP contribution >= 0.6 is 11.5 Å². The van der Waals surface area contributed by atoms with Crippen molar-refractivity contribution in [3.63, 3.8) is 0 Å². The summed E-state index contributed by atoms with van der Waals surface area (Å²) < 4.78 is 9.89. The molecule has 1 aromatic carbocycles.